The molecule has 1 heterocycles. The lowest BCUT2D eigenvalue weighted by molar-refractivity contribution is -0.133. The van der Waals surface area contributed by atoms with Gasteiger partial charge in [-0.15, -0.1) is 0 Å². The Bertz CT molecular complexity index is 764. The average molecular weight is 292 g/mol. The molecule has 0 aliphatic carbocycles. The number of Topliss-reactive ketones (excluding diaryl/α,β-unsaturated/α-hetero) is 1. The molecule has 4 heteroatoms. The van der Waals surface area contributed by atoms with Crippen molar-refractivity contribution < 1.29 is 9.59 Å². The zero-order chi connectivity index (χ0) is 15.7. The molecule has 0 fully saturated rings. The molecular formula is C18H16N2O2. The summed E-state index contributed by atoms with van der Waals surface area (Å²) in [7, 11) is 3.32. The van der Waals surface area contributed by atoms with Crippen molar-refractivity contribution in [3.63, 3.8) is 0 Å². The summed E-state index contributed by atoms with van der Waals surface area (Å²) in [6.45, 7) is 0. The van der Waals surface area contributed by atoms with Gasteiger partial charge in [0.2, 0.25) is 5.91 Å². The molecule has 0 N–H and O–H groups in total. The Morgan fingerprint density at radius 1 is 1.00 bits per heavy atom. The van der Waals surface area contributed by atoms with Crippen LogP contribution >= 0.6 is 0 Å². The van der Waals surface area contributed by atoms with E-state index in [1.54, 1.807) is 20.2 Å². The molecule has 2 aromatic rings. The molecule has 22 heavy (non-hydrogen) atoms. The third-order valence-electron chi connectivity index (χ3n) is 3.71. The number of amides is 1. The van der Waals surface area contributed by atoms with Crippen molar-refractivity contribution in [3.05, 3.63) is 65.7 Å². The third kappa shape index (κ3) is 2.33. The van der Waals surface area contributed by atoms with Crippen molar-refractivity contribution >= 4 is 23.1 Å². The van der Waals surface area contributed by atoms with E-state index in [4.69, 9.17) is 0 Å². The predicted octanol–water partition coefficient (Wildman–Crippen LogP) is 2.56. The molecule has 2 aromatic carbocycles. The Labute approximate surface area is 129 Å². The largest absolute Gasteiger partial charge is 0.348 e. The number of benzene rings is 2. The van der Waals surface area contributed by atoms with Gasteiger partial charge in [-0.3, -0.25) is 9.59 Å². The Morgan fingerprint density at radius 3 is 2.32 bits per heavy atom. The highest BCUT2D eigenvalue weighted by molar-refractivity contribution is 6.52. The van der Waals surface area contributed by atoms with Crippen LogP contribution in [-0.4, -0.2) is 36.4 Å². The molecule has 0 saturated heterocycles. The van der Waals surface area contributed by atoms with Gasteiger partial charge in [-0.05, 0) is 11.6 Å². The normalized spacial score (nSPS) is 16.7. The lowest BCUT2D eigenvalue weighted by Gasteiger charge is -2.25. The van der Waals surface area contributed by atoms with Crippen molar-refractivity contribution in [2.45, 2.75) is 5.92 Å². The third-order valence-corrected chi connectivity index (χ3v) is 3.71. The van der Waals surface area contributed by atoms with Crippen molar-refractivity contribution in [1.29, 1.82) is 0 Å². The molecule has 1 atom stereocenters. The number of nitrogens with zero attached hydrogens (tertiary/aromatic N) is 2. The Morgan fingerprint density at radius 2 is 1.64 bits per heavy atom. The first-order valence-electron chi connectivity index (χ1n) is 7.08. The second-order valence-corrected chi connectivity index (χ2v) is 5.42. The van der Waals surface area contributed by atoms with Gasteiger partial charge in [0.1, 0.15) is 11.6 Å². The molecule has 1 unspecified atom stereocenters. The lowest BCUT2D eigenvalue weighted by Crippen LogP contribution is -2.38. The van der Waals surface area contributed by atoms with Gasteiger partial charge in [-0.2, -0.15) is 0 Å². The smallest absolute Gasteiger partial charge is 0.237 e. The second-order valence-electron chi connectivity index (χ2n) is 5.42. The Kier molecular flexibility index (Phi) is 3.59. The van der Waals surface area contributed by atoms with Crippen LogP contribution in [0, 0.1) is 0 Å². The number of ketones is 1. The highest BCUT2D eigenvalue weighted by atomic mass is 16.2. The summed E-state index contributed by atoms with van der Waals surface area (Å²) in [5, 5.41) is 0. The molecule has 0 saturated carbocycles. The fourth-order valence-corrected chi connectivity index (χ4v) is 2.59. The number of hydrogen-bond donors (Lipinski definition) is 0. The zero-order valence-corrected chi connectivity index (χ0v) is 12.5. The van der Waals surface area contributed by atoms with Crippen molar-refractivity contribution in [1.82, 2.24) is 4.90 Å². The number of hydrogen-bond acceptors (Lipinski definition) is 3. The molecular weight excluding hydrogens is 276 g/mol. The molecule has 3 rings (SSSR count). The molecule has 4 nitrogen and oxygen atoms in total. The molecule has 0 radical (unpaired) electrons. The maximum atomic E-state index is 12.9. The second kappa shape index (κ2) is 5.56. The first-order valence-corrected chi connectivity index (χ1v) is 7.08. The molecule has 1 aliphatic rings. The van der Waals surface area contributed by atoms with E-state index in [1.807, 2.05) is 48.5 Å². The molecule has 110 valence electrons. The standard InChI is InChI=1S/C18H16N2O2/c1-20(2)18(22)15-13-10-6-7-11-14(13)19-16(17(15)21)12-8-4-3-5-9-12/h3-11,15H,1-2H3. The average Bonchev–Trinajstić information content (AvgIpc) is 2.54. The van der Waals surface area contributed by atoms with E-state index in [0.717, 1.165) is 5.56 Å². The van der Waals surface area contributed by atoms with E-state index in [9.17, 15) is 9.59 Å². The summed E-state index contributed by atoms with van der Waals surface area (Å²) in [5.41, 5.74) is 2.44. The van der Waals surface area contributed by atoms with Crippen LogP contribution in [-0.2, 0) is 9.59 Å². The minimum Gasteiger partial charge on any atom is -0.348 e. The van der Waals surface area contributed by atoms with E-state index < -0.39 is 5.92 Å². The van der Waals surface area contributed by atoms with Gasteiger partial charge in [-0.25, -0.2) is 4.99 Å². The number of para-hydroxylation sites is 1. The van der Waals surface area contributed by atoms with Gasteiger partial charge in [0.25, 0.3) is 0 Å². The van der Waals surface area contributed by atoms with Crippen LogP contribution in [0.3, 0.4) is 0 Å². The van der Waals surface area contributed by atoms with E-state index in [0.29, 0.717) is 17.0 Å². The molecule has 1 aliphatic heterocycles. The van der Waals surface area contributed by atoms with Crippen molar-refractivity contribution in [3.8, 4) is 0 Å². The van der Waals surface area contributed by atoms with Gasteiger partial charge < -0.3 is 4.90 Å². The molecule has 1 amide bonds. The van der Waals surface area contributed by atoms with Crippen LogP contribution in [0.5, 0.6) is 0 Å². The molecule has 0 bridgehead atoms. The first-order chi connectivity index (χ1) is 10.6. The van der Waals surface area contributed by atoms with Crippen molar-refractivity contribution in [2.75, 3.05) is 14.1 Å². The summed E-state index contributed by atoms with van der Waals surface area (Å²) in [6.07, 6.45) is 0. The van der Waals surface area contributed by atoms with Gasteiger partial charge >= 0.3 is 0 Å². The van der Waals surface area contributed by atoms with Crippen molar-refractivity contribution in [2.24, 2.45) is 4.99 Å². The highest BCUT2D eigenvalue weighted by Gasteiger charge is 2.37. The Balaban J connectivity index is 2.17. The van der Waals surface area contributed by atoms with Crippen LogP contribution < -0.4 is 0 Å². The highest BCUT2D eigenvalue weighted by Crippen LogP contribution is 2.34. The number of carbonyl (C=O) groups is 2. The van der Waals surface area contributed by atoms with Crippen LogP contribution in [0.25, 0.3) is 0 Å². The number of aliphatic imine (C=N–C) groups is 1. The molecule has 0 spiro atoms. The fraction of sp³-hybridized carbons (Fsp3) is 0.167. The maximum Gasteiger partial charge on any atom is 0.237 e. The SMILES string of the molecule is CN(C)C(=O)C1C(=O)C(c2ccccc2)=Nc2ccccc21. The summed E-state index contributed by atoms with van der Waals surface area (Å²) in [6, 6.07) is 16.6. The fourth-order valence-electron chi connectivity index (χ4n) is 2.59. The minimum absolute atomic E-state index is 0.221. The lowest BCUT2D eigenvalue weighted by atomic mass is 9.85. The van der Waals surface area contributed by atoms with E-state index >= 15 is 0 Å². The Hall–Kier alpha value is -2.75. The molecule has 0 aromatic heterocycles. The summed E-state index contributed by atoms with van der Waals surface area (Å²) in [5.74, 6) is -1.29. The quantitative estimate of drug-likeness (QED) is 0.799. The first kappa shape index (κ1) is 14.2. The summed E-state index contributed by atoms with van der Waals surface area (Å²) >= 11 is 0. The monoisotopic (exact) mass is 292 g/mol. The summed E-state index contributed by atoms with van der Waals surface area (Å²) < 4.78 is 0. The van der Waals surface area contributed by atoms with E-state index in [-0.39, 0.29) is 11.7 Å². The van der Waals surface area contributed by atoms with Crippen LogP contribution in [0.2, 0.25) is 0 Å². The predicted molar refractivity (Wildman–Crippen MR) is 85.5 cm³/mol. The maximum absolute atomic E-state index is 12.9. The van der Waals surface area contributed by atoms with Gasteiger partial charge in [0, 0.05) is 19.7 Å². The zero-order valence-electron chi connectivity index (χ0n) is 12.5. The van der Waals surface area contributed by atoms with Crippen LogP contribution in [0.1, 0.15) is 17.0 Å². The van der Waals surface area contributed by atoms with Gasteiger partial charge in [0.05, 0.1) is 5.69 Å². The number of likely N-dealkylation sites (N-methyl/N-ethyl adjacent to an activating group) is 1. The van der Waals surface area contributed by atoms with Gasteiger partial charge in [0.15, 0.2) is 5.78 Å². The number of rotatable bonds is 2. The van der Waals surface area contributed by atoms with E-state index in [2.05, 4.69) is 4.99 Å². The van der Waals surface area contributed by atoms with Gasteiger partial charge in [-0.1, -0.05) is 48.5 Å². The minimum atomic E-state index is -0.820. The van der Waals surface area contributed by atoms with E-state index in [1.165, 1.54) is 4.90 Å². The van der Waals surface area contributed by atoms with Crippen LogP contribution in [0.15, 0.2) is 59.6 Å². The summed E-state index contributed by atoms with van der Waals surface area (Å²) in [4.78, 5) is 31.3. The topological polar surface area (TPSA) is 49.7 Å². The number of carbonyl (C=O) groups excluding carboxylic acids is 2. The number of fused-ring (bicyclic) bond motifs is 1. The van der Waals surface area contributed by atoms with Crippen LogP contribution in [0.4, 0.5) is 5.69 Å².